The number of amides is 2. The second-order valence-electron chi connectivity index (χ2n) is 9.12. The summed E-state index contributed by atoms with van der Waals surface area (Å²) in [5.74, 6) is 0.0629. The predicted molar refractivity (Wildman–Crippen MR) is 133 cm³/mol. The van der Waals surface area contributed by atoms with Crippen LogP contribution in [-0.2, 0) is 28.9 Å². The van der Waals surface area contributed by atoms with Crippen molar-refractivity contribution in [1.82, 2.24) is 19.8 Å². The first-order valence-electron chi connectivity index (χ1n) is 12.1. The zero-order valence-electron chi connectivity index (χ0n) is 19.4. The van der Waals surface area contributed by atoms with Gasteiger partial charge < -0.3 is 15.2 Å². The molecule has 1 aromatic carbocycles. The van der Waals surface area contributed by atoms with Gasteiger partial charge in [-0.15, -0.1) is 11.3 Å². The van der Waals surface area contributed by atoms with Crippen LogP contribution < -0.4 is 10.9 Å². The van der Waals surface area contributed by atoms with E-state index in [1.807, 2.05) is 4.90 Å². The number of benzene rings is 1. The van der Waals surface area contributed by atoms with Crippen LogP contribution in [0.4, 0.5) is 10.1 Å². The van der Waals surface area contributed by atoms with Gasteiger partial charge in [-0.1, -0.05) is 0 Å². The summed E-state index contributed by atoms with van der Waals surface area (Å²) < 4.78 is 13.0. The van der Waals surface area contributed by atoms with Crippen molar-refractivity contribution in [3.63, 3.8) is 0 Å². The minimum atomic E-state index is -0.350. The van der Waals surface area contributed by atoms with Gasteiger partial charge in [0.15, 0.2) is 0 Å². The first kappa shape index (κ1) is 23.6. The fourth-order valence-corrected chi connectivity index (χ4v) is 6.08. The van der Waals surface area contributed by atoms with Crippen LogP contribution in [0.5, 0.6) is 0 Å². The molecule has 1 saturated heterocycles. The van der Waals surface area contributed by atoms with Crippen molar-refractivity contribution in [2.24, 2.45) is 0 Å². The van der Waals surface area contributed by atoms with E-state index in [-0.39, 0.29) is 36.2 Å². The van der Waals surface area contributed by atoms with Gasteiger partial charge >= 0.3 is 0 Å². The molecule has 0 spiro atoms. The second kappa shape index (κ2) is 10.2. The standard InChI is InChI=1S/C25H28FN5O3S/c26-16-5-7-17(8-6-16)27-21(32)15-30-11-13-31(14-12-30)22(33)10-9-20-28-24(34)23-18-3-1-2-4-19(18)35-25(23)29-20/h5-8H,1-4,9-15H2,(H,27,32)(H,28,29,34). The summed E-state index contributed by atoms with van der Waals surface area (Å²) in [7, 11) is 0. The summed E-state index contributed by atoms with van der Waals surface area (Å²) in [5.41, 5.74) is 1.62. The minimum Gasteiger partial charge on any atom is -0.340 e. The highest BCUT2D eigenvalue weighted by Gasteiger charge is 2.23. The molecule has 1 aliphatic carbocycles. The Kier molecular flexibility index (Phi) is 6.92. The fraction of sp³-hybridized carbons (Fsp3) is 0.440. The second-order valence-corrected chi connectivity index (χ2v) is 10.2. The Balaban J connectivity index is 1.11. The molecule has 2 N–H and O–H groups in total. The summed E-state index contributed by atoms with van der Waals surface area (Å²) in [6.07, 6.45) is 4.91. The van der Waals surface area contributed by atoms with Gasteiger partial charge in [0, 0.05) is 49.6 Å². The number of nitrogens with zero attached hydrogens (tertiary/aromatic N) is 3. The largest absolute Gasteiger partial charge is 0.340 e. The third kappa shape index (κ3) is 5.43. The highest BCUT2D eigenvalue weighted by molar-refractivity contribution is 7.18. The Labute approximate surface area is 206 Å². The number of aryl methyl sites for hydroxylation is 3. The Morgan fingerprint density at radius 3 is 2.60 bits per heavy atom. The maximum absolute atomic E-state index is 13.0. The summed E-state index contributed by atoms with van der Waals surface area (Å²) in [6, 6.07) is 5.65. The lowest BCUT2D eigenvalue weighted by Gasteiger charge is -2.34. The van der Waals surface area contributed by atoms with Gasteiger partial charge in [0.05, 0.1) is 11.9 Å². The molecule has 1 fully saturated rings. The Morgan fingerprint density at radius 1 is 1.09 bits per heavy atom. The Bertz CT molecular complexity index is 1290. The number of halogens is 1. The number of H-pyrrole nitrogens is 1. The monoisotopic (exact) mass is 497 g/mol. The van der Waals surface area contributed by atoms with Crippen molar-refractivity contribution in [2.45, 2.75) is 38.5 Å². The molecule has 35 heavy (non-hydrogen) atoms. The van der Waals surface area contributed by atoms with E-state index in [9.17, 15) is 18.8 Å². The van der Waals surface area contributed by atoms with Crippen LogP contribution in [-0.4, -0.2) is 64.3 Å². The van der Waals surface area contributed by atoms with Crippen molar-refractivity contribution in [3.8, 4) is 0 Å². The number of carbonyl (C=O) groups excluding carboxylic acids is 2. The van der Waals surface area contributed by atoms with E-state index in [4.69, 9.17) is 0 Å². The van der Waals surface area contributed by atoms with Crippen LogP contribution in [0.1, 0.15) is 35.5 Å². The number of hydrogen-bond donors (Lipinski definition) is 2. The maximum Gasteiger partial charge on any atom is 0.259 e. The molecule has 184 valence electrons. The van der Waals surface area contributed by atoms with Crippen LogP contribution >= 0.6 is 11.3 Å². The molecule has 2 aliphatic rings. The number of nitrogens with one attached hydrogen (secondary N) is 2. The van der Waals surface area contributed by atoms with Gasteiger partial charge in [-0.3, -0.25) is 19.3 Å². The molecule has 0 radical (unpaired) electrons. The summed E-state index contributed by atoms with van der Waals surface area (Å²) in [5, 5.41) is 3.49. The van der Waals surface area contributed by atoms with E-state index in [0.717, 1.165) is 41.5 Å². The molecule has 2 aromatic heterocycles. The molecule has 2 amide bonds. The van der Waals surface area contributed by atoms with E-state index in [1.54, 1.807) is 16.2 Å². The van der Waals surface area contributed by atoms with E-state index >= 15 is 0 Å². The van der Waals surface area contributed by atoms with Crippen molar-refractivity contribution in [2.75, 3.05) is 38.0 Å². The highest BCUT2D eigenvalue weighted by atomic mass is 32.1. The number of aromatic nitrogens is 2. The molecule has 8 nitrogen and oxygen atoms in total. The first-order valence-corrected chi connectivity index (χ1v) is 12.9. The molecule has 0 bridgehead atoms. The number of anilines is 1. The lowest BCUT2D eigenvalue weighted by molar-refractivity contribution is -0.133. The zero-order valence-corrected chi connectivity index (χ0v) is 20.3. The van der Waals surface area contributed by atoms with Crippen LogP contribution in [0.3, 0.4) is 0 Å². The lowest BCUT2D eigenvalue weighted by atomic mass is 9.97. The third-order valence-corrected chi connectivity index (χ3v) is 7.86. The van der Waals surface area contributed by atoms with Gasteiger partial charge in [-0.25, -0.2) is 9.37 Å². The van der Waals surface area contributed by atoms with Gasteiger partial charge in [-0.2, -0.15) is 0 Å². The number of piperazine rings is 1. The number of aromatic amines is 1. The van der Waals surface area contributed by atoms with E-state index < -0.39 is 0 Å². The molecule has 0 saturated carbocycles. The van der Waals surface area contributed by atoms with Crippen molar-refractivity contribution in [3.05, 3.63) is 56.7 Å². The number of rotatable bonds is 6. The molecule has 1 aliphatic heterocycles. The van der Waals surface area contributed by atoms with E-state index in [2.05, 4.69) is 15.3 Å². The summed E-state index contributed by atoms with van der Waals surface area (Å²) in [6.45, 7) is 2.51. The normalized spacial score (nSPS) is 16.3. The fourth-order valence-electron chi connectivity index (χ4n) is 4.80. The third-order valence-electron chi connectivity index (χ3n) is 6.67. The quantitative estimate of drug-likeness (QED) is 0.546. The number of thiophene rings is 1. The number of carbonyl (C=O) groups is 2. The predicted octanol–water partition coefficient (Wildman–Crippen LogP) is 2.72. The summed E-state index contributed by atoms with van der Waals surface area (Å²) in [4.78, 5) is 51.1. The Hall–Kier alpha value is -3.11. The van der Waals surface area contributed by atoms with Crippen LogP contribution in [0.15, 0.2) is 29.1 Å². The van der Waals surface area contributed by atoms with Gasteiger partial charge in [-0.05, 0) is 55.5 Å². The van der Waals surface area contributed by atoms with Crippen molar-refractivity contribution >= 4 is 39.1 Å². The van der Waals surface area contributed by atoms with Crippen LogP contribution in [0, 0.1) is 5.82 Å². The van der Waals surface area contributed by atoms with E-state index in [0.29, 0.717) is 44.1 Å². The van der Waals surface area contributed by atoms with Gasteiger partial charge in [0.1, 0.15) is 16.5 Å². The topological polar surface area (TPSA) is 98.4 Å². The average molecular weight is 498 g/mol. The van der Waals surface area contributed by atoms with E-state index in [1.165, 1.54) is 29.1 Å². The SMILES string of the molecule is O=C(CN1CCN(C(=O)CCc2nc3sc4c(c3c(=O)[nH]2)CCCC4)CC1)Nc1ccc(F)cc1. The number of fused-ring (bicyclic) bond motifs is 3. The smallest absolute Gasteiger partial charge is 0.259 e. The first-order chi connectivity index (χ1) is 17.0. The van der Waals surface area contributed by atoms with Gasteiger partial charge in [0.2, 0.25) is 11.8 Å². The van der Waals surface area contributed by atoms with Crippen molar-refractivity contribution < 1.29 is 14.0 Å². The lowest BCUT2D eigenvalue weighted by Crippen LogP contribution is -2.50. The average Bonchev–Trinajstić information content (AvgIpc) is 3.23. The maximum atomic E-state index is 13.0. The molecule has 0 unspecified atom stereocenters. The van der Waals surface area contributed by atoms with Crippen molar-refractivity contribution in [1.29, 1.82) is 0 Å². The molecule has 10 heteroatoms. The molecule has 3 heterocycles. The highest BCUT2D eigenvalue weighted by Crippen LogP contribution is 2.33. The molecular weight excluding hydrogens is 469 g/mol. The van der Waals surface area contributed by atoms with Crippen LogP contribution in [0.25, 0.3) is 10.2 Å². The Morgan fingerprint density at radius 2 is 1.83 bits per heavy atom. The zero-order chi connectivity index (χ0) is 24.4. The van der Waals surface area contributed by atoms with Crippen LogP contribution in [0.2, 0.25) is 0 Å². The number of hydrogen-bond acceptors (Lipinski definition) is 6. The molecule has 0 atom stereocenters. The molecule has 3 aromatic rings. The summed E-state index contributed by atoms with van der Waals surface area (Å²) >= 11 is 1.62. The van der Waals surface area contributed by atoms with Gasteiger partial charge in [0.25, 0.3) is 5.56 Å². The molecule has 5 rings (SSSR count). The molecular formula is C25H28FN5O3S. The minimum absolute atomic E-state index is 0.0219.